The van der Waals surface area contributed by atoms with Crippen molar-refractivity contribution in [3.8, 4) is 0 Å². The van der Waals surface area contributed by atoms with Gasteiger partial charge < -0.3 is 5.32 Å². The number of halogens is 3. The SMILES string of the molecule is FC(F)(F)c1cccc(Nc2c3ccccc3nc3ccccc23)c1. The van der Waals surface area contributed by atoms with Crippen molar-refractivity contribution in [2.75, 3.05) is 5.32 Å². The Bertz CT molecular complexity index is 1020. The van der Waals surface area contributed by atoms with E-state index in [9.17, 15) is 13.2 Å². The van der Waals surface area contributed by atoms with E-state index in [0.717, 1.165) is 39.6 Å². The van der Waals surface area contributed by atoms with Gasteiger partial charge in [0.1, 0.15) is 0 Å². The molecule has 0 radical (unpaired) electrons. The first-order chi connectivity index (χ1) is 12.0. The Morgan fingerprint density at radius 2 is 1.32 bits per heavy atom. The number of para-hydroxylation sites is 2. The summed E-state index contributed by atoms with van der Waals surface area (Å²) in [4.78, 5) is 4.62. The molecule has 0 aliphatic carbocycles. The van der Waals surface area contributed by atoms with Crippen LogP contribution in [0.3, 0.4) is 0 Å². The fourth-order valence-electron chi connectivity index (χ4n) is 2.89. The van der Waals surface area contributed by atoms with Gasteiger partial charge in [0, 0.05) is 16.5 Å². The van der Waals surface area contributed by atoms with Crippen molar-refractivity contribution in [1.29, 1.82) is 0 Å². The molecule has 0 atom stereocenters. The zero-order valence-electron chi connectivity index (χ0n) is 13.0. The molecule has 25 heavy (non-hydrogen) atoms. The number of fused-ring (bicyclic) bond motifs is 2. The Kier molecular flexibility index (Phi) is 3.57. The van der Waals surface area contributed by atoms with E-state index in [1.165, 1.54) is 6.07 Å². The average Bonchev–Trinajstić information content (AvgIpc) is 2.61. The average molecular weight is 338 g/mol. The lowest BCUT2D eigenvalue weighted by molar-refractivity contribution is -0.137. The molecule has 4 rings (SSSR count). The fraction of sp³-hybridized carbons (Fsp3) is 0.0500. The topological polar surface area (TPSA) is 24.9 Å². The van der Waals surface area contributed by atoms with Crippen molar-refractivity contribution < 1.29 is 13.2 Å². The van der Waals surface area contributed by atoms with Crippen molar-refractivity contribution in [3.05, 3.63) is 78.4 Å². The van der Waals surface area contributed by atoms with Crippen LogP contribution in [0.5, 0.6) is 0 Å². The maximum atomic E-state index is 13.0. The zero-order chi connectivity index (χ0) is 17.4. The molecule has 0 aliphatic rings. The van der Waals surface area contributed by atoms with E-state index in [4.69, 9.17) is 0 Å². The van der Waals surface area contributed by atoms with E-state index in [1.807, 2.05) is 48.5 Å². The molecule has 0 fully saturated rings. The van der Waals surface area contributed by atoms with Crippen LogP contribution in [0, 0.1) is 0 Å². The van der Waals surface area contributed by atoms with Crippen molar-refractivity contribution in [1.82, 2.24) is 4.98 Å². The van der Waals surface area contributed by atoms with Crippen molar-refractivity contribution in [2.45, 2.75) is 6.18 Å². The second kappa shape index (κ2) is 5.77. The van der Waals surface area contributed by atoms with Gasteiger partial charge in [0.15, 0.2) is 0 Å². The van der Waals surface area contributed by atoms with E-state index in [0.29, 0.717) is 5.69 Å². The molecule has 0 saturated carbocycles. The Hall–Kier alpha value is -3.08. The molecule has 2 nitrogen and oxygen atoms in total. The molecule has 0 bridgehead atoms. The summed E-state index contributed by atoms with van der Waals surface area (Å²) in [5, 5.41) is 4.88. The lowest BCUT2D eigenvalue weighted by Gasteiger charge is -2.14. The lowest BCUT2D eigenvalue weighted by Crippen LogP contribution is -2.05. The van der Waals surface area contributed by atoms with Gasteiger partial charge in [-0.05, 0) is 30.3 Å². The summed E-state index contributed by atoms with van der Waals surface area (Å²) in [6.45, 7) is 0. The van der Waals surface area contributed by atoms with Crippen molar-refractivity contribution in [3.63, 3.8) is 0 Å². The molecule has 0 spiro atoms. The molecule has 124 valence electrons. The molecule has 1 aromatic heterocycles. The minimum absolute atomic E-state index is 0.385. The Morgan fingerprint density at radius 1 is 0.720 bits per heavy atom. The summed E-state index contributed by atoms with van der Waals surface area (Å²) in [6, 6.07) is 20.3. The second-order valence-electron chi connectivity index (χ2n) is 5.72. The molecule has 1 heterocycles. The molecular formula is C20H13F3N2. The maximum Gasteiger partial charge on any atom is 0.416 e. The number of aromatic nitrogens is 1. The number of benzene rings is 3. The van der Waals surface area contributed by atoms with Crippen LogP contribution in [-0.2, 0) is 6.18 Å². The molecule has 0 aliphatic heterocycles. The molecule has 3 aromatic carbocycles. The number of alkyl halides is 3. The molecule has 5 heteroatoms. The van der Waals surface area contributed by atoms with E-state index in [2.05, 4.69) is 10.3 Å². The first-order valence-electron chi connectivity index (χ1n) is 7.74. The predicted octanol–water partition coefficient (Wildman–Crippen LogP) is 6.15. The van der Waals surface area contributed by atoms with Crippen LogP contribution in [0.15, 0.2) is 72.8 Å². The summed E-state index contributed by atoms with van der Waals surface area (Å²) in [7, 11) is 0. The Labute approximate surface area is 141 Å². The zero-order valence-corrected chi connectivity index (χ0v) is 13.0. The van der Waals surface area contributed by atoms with Gasteiger partial charge in [0.05, 0.1) is 22.3 Å². The van der Waals surface area contributed by atoms with Gasteiger partial charge in [-0.25, -0.2) is 4.98 Å². The van der Waals surface area contributed by atoms with Crippen LogP contribution < -0.4 is 5.32 Å². The minimum Gasteiger partial charge on any atom is -0.354 e. The van der Waals surface area contributed by atoms with Crippen LogP contribution in [0.1, 0.15) is 5.56 Å². The maximum absolute atomic E-state index is 13.0. The van der Waals surface area contributed by atoms with Crippen LogP contribution in [0.4, 0.5) is 24.5 Å². The fourth-order valence-corrected chi connectivity index (χ4v) is 2.89. The number of hydrogen-bond acceptors (Lipinski definition) is 2. The summed E-state index contributed by atoms with van der Waals surface area (Å²) in [5.74, 6) is 0. The smallest absolute Gasteiger partial charge is 0.354 e. The Balaban J connectivity index is 1.91. The van der Waals surface area contributed by atoms with E-state index < -0.39 is 11.7 Å². The molecule has 0 saturated heterocycles. The van der Waals surface area contributed by atoms with Crippen LogP contribution >= 0.6 is 0 Å². The number of nitrogens with one attached hydrogen (secondary N) is 1. The molecular weight excluding hydrogens is 325 g/mol. The van der Waals surface area contributed by atoms with Crippen LogP contribution in [0.25, 0.3) is 21.8 Å². The molecule has 0 unspecified atom stereocenters. The molecule has 4 aromatic rings. The summed E-state index contributed by atoms with van der Waals surface area (Å²) >= 11 is 0. The van der Waals surface area contributed by atoms with Gasteiger partial charge in [-0.1, -0.05) is 42.5 Å². The molecule has 0 amide bonds. The summed E-state index contributed by atoms with van der Waals surface area (Å²) in [6.07, 6.45) is -4.37. The van der Waals surface area contributed by atoms with Crippen LogP contribution in [-0.4, -0.2) is 4.98 Å². The number of rotatable bonds is 2. The highest BCUT2D eigenvalue weighted by Crippen LogP contribution is 2.35. The third-order valence-corrected chi connectivity index (χ3v) is 4.05. The highest BCUT2D eigenvalue weighted by Gasteiger charge is 2.30. The van der Waals surface area contributed by atoms with Gasteiger partial charge in [-0.2, -0.15) is 13.2 Å². The van der Waals surface area contributed by atoms with Crippen molar-refractivity contribution >= 4 is 33.2 Å². The predicted molar refractivity (Wildman–Crippen MR) is 94.0 cm³/mol. The second-order valence-corrected chi connectivity index (χ2v) is 5.72. The normalized spacial score (nSPS) is 11.8. The lowest BCUT2D eigenvalue weighted by atomic mass is 10.1. The number of nitrogens with zero attached hydrogens (tertiary/aromatic N) is 1. The first kappa shape index (κ1) is 15.4. The standard InChI is InChI=1S/C20H13F3N2/c21-20(22,23)13-6-5-7-14(12-13)24-19-15-8-1-3-10-17(15)25-18-11-4-2-9-16(18)19/h1-12H,(H,24,25). The Morgan fingerprint density at radius 3 is 1.92 bits per heavy atom. The minimum atomic E-state index is -4.37. The summed E-state index contributed by atoms with van der Waals surface area (Å²) < 4.78 is 38.9. The third kappa shape index (κ3) is 2.89. The van der Waals surface area contributed by atoms with Gasteiger partial charge in [0.2, 0.25) is 0 Å². The van der Waals surface area contributed by atoms with Gasteiger partial charge in [-0.15, -0.1) is 0 Å². The van der Waals surface area contributed by atoms with Gasteiger partial charge >= 0.3 is 6.18 Å². The highest BCUT2D eigenvalue weighted by molar-refractivity contribution is 6.08. The largest absolute Gasteiger partial charge is 0.416 e. The number of hydrogen-bond donors (Lipinski definition) is 1. The van der Waals surface area contributed by atoms with Gasteiger partial charge in [0.25, 0.3) is 0 Å². The third-order valence-electron chi connectivity index (χ3n) is 4.05. The van der Waals surface area contributed by atoms with Crippen LogP contribution in [0.2, 0.25) is 0 Å². The highest BCUT2D eigenvalue weighted by atomic mass is 19.4. The van der Waals surface area contributed by atoms with E-state index in [-0.39, 0.29) is 0 Å². The number of anilines is 2. The van der Waals surface area contributed by atoms with E-state index >= 15 is 0 Å². The monoisotopic (exact) mass is 338 g/mol. The van der Waals surface area contributed by atoms with Crippen molar-refractivity contribution in [2.24, 2.45) is 0 Å². The quantitative estimate of drug-likeness (QED) is 0.443. The first-order valence-corrected chi connectivity index (χ1v) is 7.74. The van der Waals surface area contributed by atoms with E-state index in [1.54, 1.807) is 6.07 Å². The summed E-state index contributed by atoms with van der Waals surface area (Å²) in [5.41, 5.74) is 2.03. The molecule has 1 N–H and O–H groups in total. The number of pyridine rings is 1. The van der Waals surface area contributed by atoms with Gasteiger partial charge in [-0.3, -0.25) is 0 Å².